The number of benzene rings is 1. The predicted molar refractivity (Wildman–Crippen MR) is 69.9 cm³/mol. The van der Waals surface area contributed by atoms with E-state index in [1.165, 1.54) is 0 Å². The van der Waals surface area contributed by atoms with Gasteiger partial charge in [-0.25, -0.2) is 0 Å². The molecule has 0 radical (unpaired) electrons. The minimum atomic E-state index is 0.130. The molecule has 0 aliphatic rings. The van der Waals surface area contributed by atoms with Gasteiger partial charge in [0.2, 0.25) is 0 Å². The molecule has 1 aromatic heterocycles. The van der Waals surface area contributed by atoms with Crippen LogP contribution in [-0.2, 0) is 0 Å². The van der Waals surface area contributed by atoms with E-state index in [2.05, 4.69) is 24.1 Å². The first-order chi connectivity index (χ1) is 8.15. The van der Waals surface area contributed by atoms with Gasteiger partial charge in [0.05, 0.1) is 0 Å². The molecule has 0 aliphatic carbocycles. The van der Waals surface area contributed by atoms with Crippen LogP contribution in [0.2, 0.25) is 0 Å². The molecule has 17 heavy (non-hydrogen) atoms. The average molecular weight is 233 g/mol. The van der Waals surface area contributed by atoms with E-state index in [0.29, 0.717) is 18.5 Å². The Labute approximate surface area is 101 Å². The van der Waals surface area contributed by atoms with Crippen LogP contribution < -0.4 is 11.1 Å². The molecule has 0 saturated heterocycles. The fraction of sp³-hybridized carbons (Fsp3) is 0.462. The molecule has 0 fully saturated rings. The zero-order chi connectivity index (χ0) is 12.3. The van der Waals surface area contributed by atoms with Crippen LogP contribution in [0.5, 0.6) is 0 Å². The van der Waals surface area contributed by atoms with Crippen molar-refractivity contribution < 1.29 is 4.42 Å². The van der Waals surface area contributed by atoms with Crippen molar-refractivity contribution in [2.75, 3.05) is 11.9 Å². The number of nitrogens with zero attached hydrogens (tertiary/aromatic N) is 1. The fourth-order valence-corrected chi connectivity index (χ4v) is 1.86. The van der Waals surface area contributed by atoms with E-state index < -0.39 is 0 Å². The van der Waals surface area contributed by atoms with Crippen LogP contribution in [0.4, 0.5) is 6.01 Å². The SMILES string of the molecule is CC(C)CC(N)CNc1nc2ccccc2o1. The Morgan fingerprint density at radius 1 is 1.35 bits per heavy atom. The highest BCUT2D eigenvalue weighted by molar-refractivity contribution is 5.74. The molecular weight excluding hydrogens is 214 g/mol. The largest absolute Gasteiger partial charge is 0.424 e. The molecular formula is C13H19N3O. The highest BCUT2D eigenvalue weighted by atomic mass is 16.4. The second-order valence-electron chi connectivity index (χ2n) is 4.76. The van der Waals surface area contributed by atoms with Crippen molar-refractivity contribution in [3.05, 3.63) is 24.3 Å². The fourth-order valence-electron chi connectivity index (χ4n) is 1.86. The van der Waals surface area contributed by atoms with Crippen LogP contribution in [0.25, 0.3) is 11.1 Å². The lowest BCUT2D eigenvalue weighted by molar-refractivity contribution is 0.502. The van der Waals surface area contributed by atoms with E-state index in [9.17, 15) is 0 Å². The Bertz CT molecular complexity index is 445. The normalized spacial score (nSPS) is 13.2. The van der Waals surface area contributed by atoms with Crippen molar-refractivity contribution in [3.63, 3.8) is 0 Å². The highest BCUT2D eigenvalue weighted by Gasteiger charge is 2.08. The van der Waals surface area contributed by atoms with E-state index in [-0.39, 0.29) is 6.04 Å². The molecule has 0 aliphatic heterocycles. The number of nitrogens with two attached hydrogens (primary N) is 1. The van der Waals surface area contributed by atoms with Gasteiger partial charge in [-0.1, -0.05) is 26.0 Å². The molecule has 1 unspecified atom stereocenters. The number of hydrogen-bond donors (Lipinski definition) is 2. The molecule has 0 saturated carbocycles. The van der Waals surface area contributed by atoms with Crippen molar-refractivity contribution >= 4 is 17.1 Å². The average Bonchev–Trinajstić information content (AvgIpc) is 2.68. The number of rotatable bonds is 5. The summed E-state index contributed by atoms with van der Waals surface area (Å²) in [6.07, 6.45) is 0.993. The molecule has 4 heteroatoms. The first-order valence-corrected chi connectivity index (χ1v) is 6.00. The van der Waals surface area contributed by atoms with Crippen molar-refractivity contribution in [3.8, 4) is 0 Å². The third kappa shape index (κ3) is 3.20. The zero-order valence-electron chi connectivity index (χ0n) is 10.3. The van der Waals surface area contributed by atoms with Gasteiger partial charge in [-0.15, -0.1) is 0 Å². The maximum absolute atomic E-state index is 5.98. The molecule has 2 rings (SSSR count). The monoisotopic (exact) mass is 233 g/mol. The predicted octanol–water partition coefficient (Wildman–Crippen LogP) is 2.61. The van der Waals surface area contributed by atoms with E-state index >= 15 is 0 Å². The van der Waals surface area contributed by atoms with Gasteiger partial charge in [0.25, 0.3) is 6.01 Å². The Morgan fingerprint density at radius 2 is 2.12 bits per heavy atom. The quantitative estimate of drug-likeness (QED) is 0.833. The summed E-state index contributed by atoms with van der Waals surface area (Å²) in [5, 5.41) is 3.14. The first kappa shape index (κ1) is 11.9. The van der Waals surface area contributed by atoms with Gasteiger partial charge in [0.1, 0.15) is 5.52 Å². The summed E-state index contributed by atoms with van der Waals surface area (Å²) in [5.74, 6) is 0.607. The summed E-state index contributed by atoms with van der Waals surface area (Å²) in [5.41, 5.74) is 7.65. The highest BCUT2D eigenvalue weighted by Crippen LogP contribution is 2.17. The Kier molecular flexibility index (Phi) is 3.64. The summed E-state index contributed by atoms with van der Waals surface area (Å²) >= 11 is 0. The zero-order valence-corrected chi connectivity index (χ0v) is 10.3. The maximum atomic E-state index is 5.98. The summed E-state index contributed by atoms with van der Waals surface area (Å²) in [4.78, 5) is 4.33. The van der Waals surface area contributed by atoms with Crippen LogP contribution in [0.15, 0.2) is 28.7 Å². The molecule has 0 spiro atoms. The molecule has 1 heterocycles. The molecule has 3 N–H and O–H groups in total. The van der Waals surface area contributed by atoms with Gasteiger partial charge in [-0.2, -0.15) is 4.98 Å². The number of fused-ring (bicyclic) bond motifs is 1. The molecule has 4 nitrogen and oxygen atoms in total. The third-order valence-corrected chi connectivity index (χ3v) is 2.58. The molecule has 0 amide bonds. The lowest BCUT2D eigenvalue weighted by atomic mass is 10.0. The summed E-state index contributed by atoms with van der Waals surface area (Å²) < 4.78 is 5.55. The van der Waals surface area contributed by atoms with Crippen LogP contribution in [0.3, 0.4) is 0 Å². The van der Waals surface area contributed by atoms with E-state index in [1.54, 1.807) is 0 Å². The molecule has 2 aromatic rings. The van der Waals surface area contributed by atoms with Crippen molar-refractivity contribution in [2.45, 2.75) is 26.3 Å². The van der Waals surface area contributed by atoms with Gasteiger partial charge in [-0.3, -0.25) is 0 Å². The van der Waals surface area contributed by atoms with E-state index in [0.717, 1.165) is 17.5 Å². The summed E-state index contributed by atoms with van der Waals surface area (Å²) in [6.45, 7) is 5.02. The Hall–Kier alpha value is -1.55. The number of nitrogens with one attached hydrogen (secondary N) is 1. The van der Waals surface area contributed by atoms with Gasteiger partial charge >= 0.3 is 0 Å². The minimum Gasteiger partial charge on any atom is -0.424 e. The van der Waals surface area contributed by atoms with E-state index in [4.69, 9.17) is 10.2 Å². The Morgan fingerprint density at radius 3 is 2.82 bits per heavy atom. The van der Waals surface area contributed by atoms with Gasteiger partial charge in [-0.05, 0) is 24.5 Å². The standard InChI is InChI=1S/C13H19N3O/c1-9(2)7-10(14)8-15-13-16-11-5-3-4-6-12(11)17-13/h3-6,9-10H,7-8,14H2,1-2H3,(H,15,16). The number of aromatic nitrogens is 1. The molecule has 0 bridgehead atoms. The third-order valence-electron chi connectivity index (χ3n) is 2.58. The molecule has 1 atom stereocenters. The topological polar surface area (TPSA) is 64.1 Å². The Balaban J connectivity index is 1.95. The maximum Gasteiger partial charge on any atom is 0.295 e. The lowest BCUT2D eigenvalue weighted by Gasteiger charge is -2.13. The number of oxazole rings is 1. The van der Waals surface area contributed by atoms with Crippen LogP contribution in [0.1, 0.15) is 20.3 Å². The second kappa shape index (κ2) is 5.19. The second-order valence-corrected chi connectivity index (χ2v) is 4.76. The summed E-state index contributed by atoms with van der Waals surface area (Å²) in [7, 11) is 0. The number of hydrogen-bond acceptors (Lipinski definition) is 4. The molecule has 92 valence electrons. The number of para-hydroxylation sites is 2. The summed E-state index contributed by atoms with van der Waals surface area (Å²) in [6, 6.07) is 8.39. The van der Waals surface area contributed by atoms with Crippen LogP contribution in [0, 0.1) is 5.92 Å². The smallest absolute Gasteiger partial charge is 0.295 e. The van der Waals surface area contributed by atoms with E-state index in [1.807, 2.05) is 24.3 Å². The molecule has 1 aromatic carbocycles. The van der Waals surface area contributed by atoms with Crippen LogP contribution >= 0.6 is 0 Å². The van der Waals surface area contributed by atoms with Gasteiger partial charge < -0.3 is 15.5 Å². The van der Waals surface area contributed by atoms with Gasteiger partial charge in [0, 0.05) is 12.6 Å². The van der Waals surface area contributed by atoms with Crippen molar-refractivity contribution in [2.24, 2.45) is 11.7 Å². The van der Waals surface area contributed by atoms with Crippen molar-refractivity contribution in [1.29, 1.82) is 0 Å². The van der Waals surface area contributed by atoms with Crippen molar-refractivity contribution in [1.82, 2.24) is 4.98 Å². The number of anilines is 1. The lowest BCUT2D eigenvalue weighted by Crippen LogP contribution is -2.30. The minimum absolute atomic E-state index is 0.130. The van der Waals surface area contributed by atoms with Gasteiger partial charge in [0.15, 0.2) is 5.58 Å². The first-order valence-electron chi connectivity index (χ1n) is 6.00. The van der Waals surface area contributed by atoms with Crippen LogP contribution in [-0.4, -0.2) is 17.6 Å².